The van der Waals surface area contributed by atoms with Gasteiger partial charge in [0, 0.05) is 43.3 Å². The number of amides is 2. The van der Waals surface area contributed by atoms with Crippen LogP contribution in [0.25, 0.3) is 10.9 Å². The Balaban J connectivity index is 1.36. The fourth-order valence-electron chi connectivity index (χ4n) is 6.17. The standard InChI is InChI=1S/C24H31N3O2/c1-2-6-21-18-13-19(22-9-5-10-23(28)27(21)22)15-26(14-18)24(29)16-25-12-11-17-7-3-4-8-20(17)25/h3-4,7-8,11-12,18-19,21-22H,2,5-6,9-10,13-16H2,1H3/t18-,19+,21-,22-/m0/s1. The van der Waals surface area contributed by atoms with E-state index in [9.17, 15) is 9.59 Å². The molecule has 0 radical (unpaired) electrons. The summed E-state index contributed by atoms with van der Waals surface area (Å²) in [6.07, 6.45) is 8.16. The molecule has 29 heavy (non-hydrogen) atoms. The van der Waals surface area contributed by atoms with Crippen molar-refractivity contribution >= 4 is 22.7 Å². The number of fused-ring (bicyclic) bond motifs is 5. The van der Waals surface area contributed by atoms with Crippen LogP contribution in [-0.2, 0) is 16.1 Å². The zero-order valence-electron chi connectivity index (χ0n) is 17.3. The molecule has 5 rings (SSSR count). The van der Waals surface area contributed by atoms with Gasteiger partial charge >= 0.3 is 0 Å². The van der Waals surface area contributed by atoms with E-state index in [-0.39, 0.29) is 5.91 Å². The molecule has 2 aromatic rings. The van der Waals surface area contributed by atoms with E-state index in [0.717, 1.165) is 44.3 Å². The Hall–Kier alpha value is -2.30. The topological polar surface area (TPSA) is 45.6 Å². The number of rotatable bonds is 4. The van der Waals surface area contributed by atoms with Crippen molar-refractivity contribution in [3.05, 3.63) is 36.5 Å². The van der Waals surface area contributed by atoms with Crippen molar-refractivity contribution in [2.24, 2.45) is 11.8 Å². The fraction of sp³-hybridized carbons (Fsp3) is 0.583. The minimum absolute atomic E-state index is 0.215. The molecule has 0 spiro atoms. The van der Waals surface area contributed by atoms with E-state index < -0.39 is 0 Å². The molecular weight excluding hydrogens is 362 g/mol. The number of piperidine rings is 3. The van der Waals surface area contributed by atoms with Crippen LogP contribution in [0.4, 0.5) is 0 Å². The molecule has 0 saturated carbocycles. The van der Waals surface area contributed by atoms with Crippen LogP contribution in [-0.4, -0.2) is 51.4 Å². The molecule has 0 N–H and O–H groups in total. The van der Waals surface area contributed by atoms with Crippen LogP contribution in [0.5, 0.6) is 0 Å². The minimum Gasteiger partial charge on any atom is -0.340 e. The first-order valence-electron chi connectivity index (χ1n) is 11.3. The Morgan fingerprint density at radius 1 is 1.14 bits per heavy atom. The smallest absolute Gasteiger partial charge is 0.242 e. The zero-order valence-corrected chi connectivity index (χ0v) is 17.3. The van der Waals surface area contributed by atoms with Crippen LogP contribution in [0.3, 0.4) is 0 Å². The highest BCUT2D eigenvalue weighted by Crippen LogP contribution is 2.43. The van der Waals surface area contributed by atoms with Gasteiger partial charge in [0.05, 0.1) is 0 Å². The number of carbonyl (C=O) groups excluding carboxylic acids is 2. The molecular formula is C24H31N3O2. The molecule has 5 heteroatoms. The number of hydrogen-bond acceptors (Lipinski definition) is 2. The Kier molecular flexibility index (Phi) is 4.84. The zero-order chi connectivity index (χ0) is 20.0. The monoisotopic (exact) mass is 393 g/mol. The van der Waals surface area contributed by atoms with Crippen LogP contribution in [0.15, 0.2) is 36.5 Å². The predicted octanol–water partition coefficient (Wildman–Crippen LogP) is 3.67. The van der Waals surface area contributed by atoms with Gasteiger partial charge in [-0.05, 0) is 55.0 Å². The van der Waals surface area contributed by atoms with Crippen LogP contribution in [0.2, 0.25) is 0 Å². The van der Waals surface area contributed by atoms with Crippen molar-refractivity contribution in [1.82, 2.24) is 14.4 Å². The average molecular weight is 394 g/mol. The van der Waals surface area contributed by atoms with Crippen molar-refractivity contribution < 1.29 is 9.59 Å². The van der Waals surface area contributed by atoms with E-state index in [4.69, 9.17) is 0 Å². The fourth-order valence-corrected chi connectivity index (χ4v) is 6.17. The van der Waals surface area contributed by atoms with Gasteiger partial charge in [-0.3, -0.25) is 9.59 Å². The molecule has 154 valence electrons. The maximum absolute atomic E-state index is 13.3. The molecule has 3 saturated heterocycles. The minimum atomic E-state index is 0.215. The summed E-state index contributed by atoms with van der Waals surface area (Å²) < 4.78 is 2.07. The Labute approximate surface area is 172 Å². The normalized spacial score (nSPS) is 29.2. The van der Waals surface area contributed by atoms with Crippen molar-refractivity contribution in [2.45, 2.75) is 64.1 Å². The number of carbonyl (C=O) groups is 2. The van der Waals surface area contributed by atoms with Gasteiger partial charge in [-0.1, -0.05) is 31.5 Å². The first-order chi connectivity index (χ1) is 14.2. The summed E-state index contributed by atoms with van der Waals surface area (Å²) in [5.74, 6) is 1.44. The molecule has 2 bridgehead atoms. The highest BCUT2D eigenvalue weighted by Gasteiger charge is 2.49. The summed E-state index contributed by atoms with van der Waals surface area (Å²) in [7, 11) is 0. The molecule has 4 heterocycles. The third kappa shape index (κ3) is 3.24. The Bertz CT molecular complexity index is 920. The lowest BCUT2D eigenvalue weighted by Gasteiger charge is -2.56. The summed E-state index contributed by atoms with van der Waals surface area (Å²) in [4.78, 5) is 30.4. The van der Waals surface area contributed by atoms with Gasteiger partial charge in [-0.15, -0.1) is 0 Å². The number of benzene rings is 1. The molecule has 0 aliphatic carbocycles. The molecule has 1 aromatic heterocycles. The van der Waals surface area contributed by atoms with E-state index in [1.807, 2.05) is 18.3 Å². The third-order valence-electron chi connectivity index (χ3n) is 7.42. The van der Waals surface area contributed by atoms with Crippen LogP contribution in [0, 0.1) is 11.8 Å². The number of hydrogen-bond donors (Lipinski definition) is 0. The highest BCUT2D eigenvalue weighted by atomic mass is 16.2. The lowest BCUT2D eigenvalue weighted by atomic mass is 9.71. The second-order valence-electron chi connectivity index (χ2n) is 9.17. The van der Waals surface area contributed by atoms with Gasteiger partial charge in [-0.25, -0.2) is 0 Å². The summed E-state index contributed by atoms with van der Waals surface area (Å²) in [6, 6.07) is 11.0. The predicted molar refractivity (Wildman–Crippen MR) is 113 cm³/mol. The summed E-state index contributed by atoms with van der Waals surface area (Å²) >= 11 is 0. The summed E-state index contributed by atoms with van der Waals surface area (Å²) in [5.41, 5.74) is 1.12. The Morgan fingerprint density at radius 2 is 1.97 bits per heavy atom. The quantitative estimate of drug-likeness (QED) is 0.796. The third-order valence-corrected chi connectivity index (χ3v) is 7.42. The van der Waals surface area contributed by atoms with Gasteiger partial charge < -0.3 is 14.4 Å². The number of aromatic nitrogens is 1. The second kappa shape index (κ2) is 7.51. The van der Waals surface area contributed by atoms with E-state index >= 15 is 0 Å². The molecule has 3 aliphatic rings. The second-order valence-corrected chi connectivity index (χ2v) is 9.17. The lowest BCUT2D eigenvalue weighted by Crippen LogP contribution is -2.65. The first kappa shape index (κ1) is 18.7. The van der Waals surface area contributed by atoms with Crippen LogP contribution >= 0.6 is 0 Å². The van der Waals surface area contributed by atoms with E-state index in [2.05, 4.69) is 39.5 Å². The summed E-state index contributed by atoms with van der Waals surface area (Å²) in [6.45, 7) is 4.22. The van der Waals surface area contributed by atoms with E-state index in [1.54, 1.807) is 0 Å². The van der Waals surface area contributed by atoms with E-state index in [1.165, 1.54) is 11.8 Å². The summed E-state index contributed by atoms with van der Waals surface area (Å²) in [5, 5.41) is 1.18. The molecule has 3 fully saturated rings. The van der Waals surface area contributed by atoms with Crippen molar-refractivity contribution in [1.29, 1.82) is 0 Å². The molecule has 2 amide bonds. The number of nitrogens with zero attached hydrogens (tertiary/aromatic N) is 3. The number of para-hydroxylation sites is 1. The molecule has 5 nitrogen and oxygen atoms in total. The highest BCUT2D eigenvalue weighted by molar-refractivity contribution is 5.83. The lowest BCUT2D eigenvalue weighted by molar-refractivity contribution is -0.156. The first-order valence-corrected chi connectivity index (χ1v) is 11.3. The van der Waals surface area contributed by atoms with Gasteiger partial charge in [0.25, 0.3) is 0 Å². The molecule has 3 aliphatic heterocycles. The van der Waals surface area contributed by atoms with Crippen LogP contribution in [0.1, 0.15) is 45.4 Å². The van der Waals surface area contributed by atoms with Crippen molar-refractivity contribution in [3.8, 4) is 0 Å². The van der Waals surface area contributed by atoms with Gasteiger partial charge in [0.15, 0.2) is 0 Å². The average Bonchev–Trinajstić information content (AvgIpc) is 3.14. The van der Waals surface area contributed by atoms with Crippen molar-refractivity contribution in [2.75, 3.05) is 13.1 Å². The van der Waals surface area contributed by atoms with Gasteiger partial charge in [-0.2, -0.15) is 0 Å². The molecule has 0 unspecified atom stereocenters. The SMILES string of the molecule is CCC[C@H]1[C@H]2C[C@H](CN(C(=O)Cn3ccc4ccccc43)C2)[C@@H]2CCCC(=O)N21. The van der Waals surface area contributed by atoms with Crippen LogP contribution < -0.4 is 0 Å². The number of likely N-dealkylation sites (tertiary alicyclic amines) is 1. The maximum Gasteiger partial charge on any atom is 0.242 e. The Morgan fingerprint density at radius 3 is 2.83 bits per heavy atom. The largest absolute Gasteiger partial charge is 0.340 e. The molecule has 4 atom stereocenters. The van der Waals surface area contributed by atoms with Gasteiger partial charge in [0.1, 0.15) is 6.54 Å². The van der Waals surface area contributed by atoms with Crippen molar-refractivity contribution in [3.63, 3.8) is 0 Å². The van der Waals surface area contributed by atoms with Gasteiger partial charge in [0.2, 0.25) is 11.8 Å². The maximum atomic E-state index is 13.3. The molecule has 1 aromatic carbocycles. The van der Waals surface area contributed by atoms with E-state index in [0.29, 0.717) is 42.8 Å².